The summed E-state index contributed by atoms with van der Waals surface area (Å²) in [6, 6.07) is 4.82. The molecule has 5 atom stereocenters. The van der Waals surface area contributed by atoms with Crippen LogP contribution < -0.4 is 9.47 Å². The van der Waals surface area contributed by atoms with Gasteiger partial charge >= 0.3 is 0 Å². The number of ether oxygens (including phenoxy) is 2. The molecule has 0 aromatic heterocycles. The lowest BCUT2D eigenvalue weighted by atomic mass is 9.53. The maximum absolute atomic E-state index is 10.7. The molecule has 1 saturated heterocycles. The minimum Gasteiger partial charge on any atom is -0.493 e. The van der Waals surface area contributed by atoms with Crippen LogP contribution in [0.4, 0.5) is 0 Å². The highest BCUT2D eigenvalue weighted by Gasteiger charge is 2.64. The van der Waals surface area contributed by atoms with Gasteiger partial charge in [0.15, 0.2) is 11.5 Å². The molecule has 1 N–H and O–H groups in total. The van der Waals surface area contributed by atoms with Gasteiger partial charge in [-0.15, -0.1) is 0 Å². The predicted octanol–water partition coefficient (Wildman–Crippen LogP) is 2.28. The highest BCUT2D eigenvalue weighted by molar-refractivity contribution is 5.62. The summed E-state index contributed by atoms with van der Waals surface area (Å²) in [6.45, 7) is 2.37. The van der Waals surface area contributed by atoms with Crippen molar-refractivity contribution in [1.82, 2.24) is 4.90 Å². The summed E-state index contributed by atoms with van der Waals surface area (Å²) >= 11 is 0. The highest BCUT2D eigenvalue weighted by atomic mass is 16.5. The zero-order chi connectivity index (χ0) is 16.8. The van der Waals surface area contributed by atoms with Gasteiger partial charge in [0.2, 0.25) is 0 Å². The zero-order valence-corrected chi connectivity index (χ0v) is 14.6. The summed E-state index contributed by atoms with van der Waals surface area (Å²) in [5, 5.41) is 10.7. The van der Waals surface area contributed by atoms with Crippen molar-refractivity contribution < 1.29 is 14.6 Å². The molecule has 132 valence electrons. The van der Waals surface area contributed by atoms with Crippen molar-refractivity contribution in [2.75, 3.05) is 20.2 Å². The van der Waals surface area contributed by atoms with Crippen molar-refractivity contribution in [3.63, 3.8) is 0 Å². The van der Waals surface area contributed by atoms with Crippen LogP contribution in [0.3, 0.4) is 0 Å². The summed E-state index contributed by atoms with van der Waals surface area (Å²) in [5.41, 5.74) is 2.67. The Balaban J connectivity index is 1.54. The van der Waals surface area contributed by atoms with Crippen molar-refractivity contribution in [2.45, 2.75) is 49.3 Å². The highest BCUT2D eigenvalue weighted by Crippen LogP contribution is 2.62. The number of methoxy groups -OCH3 is 1. The second kappa shape index (κ2) is 4.80. The van der Waals surface area contributed by atoms with Crippen LogP contribution in [0.2, 0.25) is 0 Å². The van der Waals surface area contributed by atoms with Crippen LogP contribution in [0.15, 0.2) is 24.3 Å². The van der Waals surface area contributed by atoms with Gasteiger partial charge < -0.3 is 14.6 Å². The second-order valence-corrected chi connectivity index (χ2v) is 8.57. The fourth-order valence-electron chi connectivity index (χ4n) is 6.14. The Kier molecular flexibility index (Phi) is 2.81. The Bertz CT molecular complexity index is 771. The summed E-state index contributed by atoms with van der Waals surface area (Å²) < 4.78 is 12.0. The van der Waals surface area contributed by atoms with E-state index in [2.05, 4.69) is 17.0 Å². The Labute approximate surface area is 148 Å². The van der Waals surface area contributed by atoms with E-state index in [0.717, 1.165) is 36.8 Å². The van der Waals surface area contributed by atoms with Gasteiger partial charge in [-0.1, -0.05) is 18.2 Å². The maximum atomic E-state index is 10.7. The third-order valence-electron chi connectivity index (χ3n) is 7.38. The molecular weight excluding hydrogens is 314 g/mol. The van der Waals surface area contributed by atoms with Crippen LogP contribution in [0.25, 0.3) is 0 Å². The molecule has 5 aliphatic rings. The van der Waals surface area contributed by atoms with Crippen LogP contribution in [0.1, 0.15) is 30.4 Å². The van der Waals surface area contributed by atoms with Gasteiger partial charge in [0, 0.05) is 29.5 Å². The first-order valence-corrected chi connectivity index (χ1v) is 9.70. The number of likely N-dealkylation sites (tertiary alicyclic amines) is 1. The van der Waals surface area contributed by atoms with Gasteiger partial charge in [-0.3, -0.25) is 4.90 Å². The van der Waals surface area contributed by atoms with E-state index in [0.29, 0.717) is 12.0 Å². The minimum absolute atomic E-state index is 0.0731. The average molecular weight is 339 g/mol. The molecule has 3 aliphatic carbocycles. The molecule has 2 aliphatic heterocycles. The molecule has 2 bridgehead atoms. The van der Waals surface area contributed by atoms with E-state index in [9.17, 15) is 5.11 Å². The third-order valence-corrected chi connectivity index (χ3v) is 7.38. The van der Waals surface area contributed by atoms with E-state index < -0.39 is 6.10 Å². The van der Waals surface area contributed by atoms with E-state index >= 15 is 0 Å². The van der Waals surface area contributed by atoms with Gasteiger partial charge in [-0.2, -0.15) is 0 Å². The molecule has 2 fully saturated rings. The number of benzene rings is 1. The van der Waals surface area contributed by atoms with Gasteiger partial charge in [-0.05, 0) is 49.8 Å². The van der Waals surface area contributed by atoms with Crippen molar-refractivity contribution in [3.8, 4) is 11.5 Å². The SMILES string of the molecule is COc1ccc2c3c1OC1C(O)C=C[C@H]4[C@@H](C2)N(CC2CC2)CC[C@]314. The lowest BCUT2D eigenvalue weighted by molar-refractivity contribution is -0.0525. The molecular formula is C21H25NO3. The number of piperidine rings is 1. The van der Waals surface area contributed by atoms with Crippen LogP contribution in [-0.2, 0) is 11.8 Å². The van der Waals surface area contributed by atoms with E-state index in [4.69, 9.17) is 9.47 Å². The van der Waals surface area contributed by atoms with Crippen molar-refractivity contribution in [1.29, 1.82) is 0 Å². The first kappa shape index (κ1) is 14.6. The monoisotopic (exact) mass is 339 g/mol. The summed E-state index contributed by atoms with van der Waals surface area (Å²) in [7, 11) is 1.71. The Morgan fingerprint density at radius 2 is 2.20 bits per heavy atom. The lowest BCUT2D eigenvalue weighted by Gasteiger charge is -2.57. The van der Waals surface area contributed by atoms with Crippen molar-refractivity contribution in [2.24, 2.45) is 11.8 Å². The normalized spacial score (nSPS) is 40.6. The molecule has 4 heteroatoms. The van der Waals surface area contributed by atoms with Gasteiger partial charge in [0.05, 0.1) is 7.11 Å². The fourth-order valence-corrected chi connectivity index (χ4v) is 6.14. The predicted molar refractivity (Wildman–Crippen MR) is 94.1 cm³/mol. The molecule has 25 heavy (non-hydrogen) atoms. The van der Waals surface area contributed by atoms with E-state index in [-0.39, 0.29) is 11.5 Å². The number of rotatable bonds is 3. The van der Waals surface area contributed by atoms with E-state index in [1.165, 1.54) is 30.5 Å². The van der Waals surface area contributed by atoms with Crippen LogP contribution in [0.5, 0.6) is 11.5 Å². The topological polar surface area (TPSA) is 41.9 Å². The molecule has 1 aromatic carbocycles. The maximum Gasteiger partial charge on any atom is 0.165 e. The Hall–Kier alpha value is -1.52. The first-order valence-electron chi connectivity index (χ1n) is 9.70. The molecule has 2 unspecified atom stereocenters. The van der Waals surface area contributed by atoms with Gasteiger partial charge in [-0.25, -0.2) is 0 Å². The molecule has 1 saturated carbocycles. The lowest BCUT2D eigenvalue weighted by Crippen LogP contribution is -2.65. The number of hydrogen-bond acceptors (Lipinski definition) is 4. The number of aliphatic hydroxyl groups excluding tert-OH is 1. The molecule has 0 amide bonds. The largest absolute Gasteiger partial charge is 0.493 e. The Morgan fingerprint density at radius 1 is 1.32 bits per heavy atom. The average Bonchev–Trinajstić information content (AvgIpc) is 3.36. The quantitative estimate of drug-likeness (QED) is 0.858. The Morgan fingerprint density at radius 3 is 3.00 bits per heavy atom. The summed E-state index contributed by atoms with van der Waals surface area (Å²) in [5.74, 6) is 3.06. The van der Waals surface area contributed by atoms with E-state index in [1.807, 2.05) is 12.1 Å². The number of aliphatic hydroxyl groups is 1. The molecule has 2 heterocycles. The second-order valence-electron chi connectivity index (χ2n) is 8.57. The zero-order valence-electron chi connectivity index (χ0n) is 14.6. The fraction of sp³-hybridized carbons (Fsp3) is 0.619. The standard InChI is InChI=1S/C21H25NO3/c1-24-17-7-4-13-10-15-14-5-6-16(23)20-21(14,18(13)19(17)25-20)8-9-22(15)11-12-2-3-12/h4-7,12,14-16,20,23H,2-3,8-11H2,1H3/t14-,15+,16?,20?,21-/m0/s1. The molecule has 0 radical (unpaired) electrons. The van der Waals surface area contributed by atoms with Crippen molar-refractivity contribution >= 4 is 0 Å². The van der Waals surface area contributed by atoms with Gasteiger partial charge in [0.25, 0.3) is 0 Å². The molecule has 6 rings (SSSR count). The van der Waals surface area contributed by atoms with Crippen LogP contribution >= 0.6 is 0 Å². The molecule has 1 spiro atoms. The molecule has 1 aromatic rings. The summed E-state index contributed by atoms with van der Waals surface area (Å²) in [4.78, 5) is 2.73. The first-order chi connectivity index (χ1) is 12.2. The van der Waals surface area contributed by atoms with Gasteiger partial charge in [0.1, 0.15) is 12.2 Å². The number of hydrogen-bond donors (Lipinski definition) is 1. The molecule has 4 nitrogen and oxygen atoms in total. The van der Waals surface area contributed by atoms with Crippen LogP contribution in [0, 0.1) is 11.8 Å². The number of nitrogens with zero attached hydrogens (tertiary/aromatic N) is 1. The van der Waals surface area contributed by atoms with Crippen LogP contribution in [-0.4, -0.2) is 48.5 Å². The smallest absolute Gasteiger partial charge is 0.165 e. The summed E-state index contributed by atoms with van der Waals surface area (Å²) in [6.07, 6.45) is 8.53. The third kappa shape index (κ3) is 1.75. The van der Waals surface area contributed by atoms with Crippen molar-refractivity contribution in [3.05, 3.63) is 35.4 Å². The minimum atomic E-state index is -0.532. The van der Waals surface area contributed by atoms with E-state index in [1.54, 1.807) is 7.11 Å².